The molecule has 0 aromatic heterocycles. The molecule has 176 valence electrons. The molecule has 0 bridgehead atoms. The van der Waals surface area contributed by atoms with E-state index in [1.165, 1.54) is 76.8 Å². The molecule has 0 N–H and O–H groups in total. The first-order valence-electron chi connectivity index (χ1n) is 12.6. The summed E-state index contributed by atoms with van der Waals surface area (Å²) in [6.45, 7) is 6.44. The van der Waals surface area contributed by atoms with Gasteiger partial charge in [0.25, 0.3) is 0 Å². The molecule has 0 saturated carbocycles. The Hall–Kier alpha value is -3.02. The topological polar surface area (TPSA) is 0 Å². The van der Waals surface area contributed by atoms with Crippen LogP contribution in [-0.4, -0.2) is 3.21 Å². The van der Waals surface area contributed by atoms with Gasteiger partial charge >= 0.3 is 99.2 Å². The molecule has 1 aliphatic carbocycles. The van der Waals surface area contributed by atoms with Crippen molar-refractivity contribution in [3.63, 3.8) is 0 Å². The Morgan fingerprint density at radius 2 is 1.25 bits per heavy atom. The Morgan fingerprint density at radius 3 is 1.64 bits per heavy atom. The number of fused-ring (bicyclic) bond motifs is 3. The normalized spacial score (nSPS) is 12.0. The Labute approximate surface area is 230 Å². The van der Waals surface area contributed by atoms with Crippen molar-refractivity contribution in [2.45, 2.75) is 33.6 Å². The third-order valence-corrected chi connectivity index (χ3v) is 7.74. The first-order valence-corrected chi connectivity index (χ1v) is 13.8. The van der Waals surface area contributed by atoms with E-state index in [1.807, 2.05) is 0 Å². The van der Waals surface area contributed by atoms with Gasteiger partial charge in [-0.2, -0.15) is 6.08 Å². The third-order valence-electron chi connectivity index (χ3n) is 6.32. The van der Waals surface area contributed by atoms with Crippen LogP contribution in [0.15, 0.2) is 121 Å². The van der Waals surface area contributed by atoms with E-state index < -0.39 is 0 Å². The van der Waals surface area contributed by atoms with Gasteiger partial charge in [-0.1, -0.05) is 48.7 Å². The third kappa shape index (κ3) is 6.80. The molecular formula is C35H32Zr. The standard InChI is InChI=1S/C15H13.C13H10.C7H9.Zr/c1-10-3-5-14-12(7-10)9-13-8-11(2)4-6-15(13)14;1-3-7-12(8-4-1)11-13-9-5-2-6-10-13;1-2-7-5-3-4-6-7;/h3-9H,1-2H3;1-10H;5-6H,2-3H2,1H3;/q-1;;-1;+2. The molecule has 1 aliphatic rings. The average molecular weight is 544 g/mol. The van der Waals surface area contributed by atoms with E-state index in [9.17, 15) is 0 Å². The van der Waals surface area contributed by atoms with Crippen LogP contribution in [0.3, 0.4) is 0 Å². The fraction of sp³-hybridized carbons (Fsp3) is 0.143. The van der Waals surface area contributed by atoms with Crippen molar-refractivity contribution >= 4 is 24.8 Å². The molecule has 0 radical (unpaired) electrons. The van der Waals surface area contributed by atoms with E-state index in [4.69, 9.17) is 0 Å². The number of hydrogen-bond acceptors (Lipinski definition) is 0. The molecule has 0 fully saturated rings. The van der Waals surface area contributed by atoms with Gasteiger partial charge in [0.15, 0.2) is 0 Å². The SMILES string of the molecule is CCC1=CC[C-]=C1.Cc1ccc2c(c1)[cH-]c1cc(C)ccc12.[Zr+2]=[C](c1ccccc1)c1ccccc1. The number of allylic oxidation sites excluding steroid dienone is 4. The van der Waals surface area contributed by atoms with Crippen molar-refractivity contribution in [2.75, 3.05) is 0 Å². The molecule has 5 aromatic rings. The van der Waals surface area contributed by atoms with Crippen molar-refractivity contribution < 1.29 is 24.2 Å². The van der Waals surface area contributed by atoms with E-state index in [-0.39, 0.29) is 0 Å². The number of aryl methyl sites for hydroxylation is 2. The van der Waals surface area contributed by atoms with Gasteiger partial charge in [0.05, 0.1) is 0 Å². The van der Waals surface area contributed by atoms with Gasteiger partial charge < -0.3 is 0 Å². The minimum atomic E-state index is 1.03. The van der Waals surface area contributed by atoms with Gasteiger partial charge in [-0.15, -0.1) is 46.2 Å². The predicted octanol–water partition coefficient (Wildman–Crippen LogP) is 9.22. The van der Waals surface area contributed by atoms with Gasteiger partial charge in [-0.25, -0.2) is 11.6 Å². The van der Waals surface area contributed by atoms with Crippen LogP contribution in [0.25, 0.3) is 21.5 Å². The minimum absolute atomic E-state index is 1.03. The first kappa shape index (κ1) is 26.1. The molecule has 36 heavy (non-hydrogen) atoms. The predicted molar refractivity (Wildman–Crippen MR) is 153 cm³/mol. The molecule has 0 heterocycles. The fourth-order valence-electron chi connectivity index (χ4n) is 4.32. The van der Waals surface area contributed by atoms with Gasteiger partial charge in [0.2, 0.25) is 0 Å². The van der Waals surface area contributed by atoms with Gasteiger partial charge in [-0.05, 0) is 13.8 Å². The van der Waals surface area contributed by atoms with E-state index in [0.29, 0.717) is 0 Å². The van der Waals surface area contributed by atoms with Crippen molar-refractivity contribution in [2.24, 2.45) is 0 Å². The summed E-state index contributed by atoms with van der Waals surface area (Å²) < 4.78 is 1.42. The molecule has 6 rings (SSSR count). The zero-order valence-corrected chi connectivity index (χ0v) is 23.8. The Bertz CT molecular complexity index is 1400. The monoisotopic (exact) mass is 542 g/mol. The Balaban J connectivity index is 0.000000135. The maximum absolute atomic E-state index is 3.11. The summed E-state index contributed by atoms with van der Waals surface area (Å²) in [6.07, 6.45) is 9.57. The zero-order chi connectivity index (χ0) is 25.3. The summed E-state index contributed by atoms with van der Waals surface area (Å²) in [6, 6.07) is 36.7. The molecule has 5 aromatic carbocycles. The van der Waals surface area contributed by atoms with Gasteiger partial charge in [-0.3, -0.25) is 6.08 Å². The molecule has 0 unspecified atom stereocenters. The quantitative estimate of drug-likeness (QED) is 0.199. The summed E-state index contributed by atoms with van der Waals surface area (Å²) in [5.41, 5.74) is 6.75. The van der Waals surface area contributed by atoms with Crippen molar-refractivity contribution in [3.05, 3.63) is 149 Å². The van der Waals surface area contributed by atoms with E-state index >= 15 is 0 Å². The summed E-state index contributed by atoms with van der Waals surface area (Å²) in [4.78, 5) is 0. The second-order valence-electron chi connectivity index (χ2n) is 9.12. The second kappa shape index (κ2) is 12.8. The van der Waals surface area contributed by atoms with Crippen LogP contribution in [0.4, 0.5) is 0 Å². The molecule has 1 heteroatoms. The fourth-order valence-corrected chi connectivity index (χ4v) is 5.14. The van der Waals surface area contributed by atoms with Crippen molar-refractivity contribution in [3.8, 4) is 0 Å². The van der Waals surface area contributed by atoms with Crippen LogP contribution >= 0.6 is 0 Å². The Morgan fingerprint density at radius 1 is 0.750 bits per heavy atom. The molecule has 0 atom stereocenters. The van der Waals surface area contributed by atoms with E-state index in [2.05, 4.69) is 142 Å². The molecule has 0 aliphatic heterocycles. The van der Waals surface area contributed by atoms with Gasteiger partial charge in [0.1, 0.15) is 0 Å². The Kier molecular flexibility index (Phi) is 9.26. The van der Waals surface area contributed by atoms with Crippen LogP contribution in [0.5, 0.6) is 0 Å². The average Bonchev–Trinajstić information content (AvgIpc) is 3.57. The van der Waals surface area contributed by atoms with Crippen LogP contribution in [0.2, 0.25) is 0 Å². The summed E-state index contributed by atoms with van der Waals surface area (Å²) in [7, 11) is 0. The van der Waals surface area contributed by atoms with E-state index in [0.717, 1.165) is 12.8 Å². The summed E-state index contributed by atoms with van der Waals surface area (Å²) >= 11 is 1.46. The second-order valence-corrected chi connectivity index (χ2v) is 10.3. The zero-order valence-electron chi connectivity index (χ0n) is 21.4. The van der Waals surface area contributed by atoms with Crippen molar-refractivity contribution in [1.29, 1.82) is 0 Å². The molecule has 0 amide bonds. The first-order chi connectivity index (χ1) is 17.5. The number of rotatable bonds is 3. The van der Waals surface area contributed by atoms with Crippen LogP contribution in [0.1, 0.15) is 42.0 Å². The van der Waals surface area contributed by atoms with Crippen LogP contribution in [-0.2, 0) is 24.2 Å². The van der Waals surface area contributed by atoms with E-state index in [1.54, 1.807) is 0 Å². The number of benzene rings is 4. The molecule has 0 spiro atoms. The molecule has 0 saturated heterocycles. The van der Waals surface area contributed by atoms with Gasteiger partial charge in [0, 0.05) is 0 Å². The van der Waals surface area contributed by atoms with Crippen LogP contribution < -0.4 is 0 Å². The summed E-state index contributed by atoms with van der Waals surface area (Å²) in [5.74, 6) is 0. The summed E-state index contributed by atoms with van der Waals surface area (Å²) in [5, 5.41) is 5.46. The van der Waals surface area contributed by atoms with Crippen molar-refractivity contribution in [1.82, 2.24) is 0 Å². The maximum atomic E-state index is 3.11. The number of hydrogen-bond donors (Lipinski definition) is 0. The van der Waals surface area contributed by atoms with Crippen LogP contribution in [0, 0.1) is 19.9 Å². The molecular weight excluding hydrogens is 512 g/mol. The molecule has 0 nitrogen and oxygen atoms in total.